The van der Waals surface area contributed by atoms with Crippen molar-refractivity contribution in [1.82, 2.24) is 10.6 Å². The molecule has 3 amide bonds. The Balaban J connectivity index is 2.34. The van der Waals surface area contributed by atoms with Gasteiger partial charge in [-0.15, -0.1) is 0 Å². The molecule has 0 aliphatic carbocycles. The van der Waals surface area contributed by atoms with Crippen molar-refractivity contribution in [2.45, 2.75) is 12.7 Å². The fourth-order valence-corrected chi connectivity index (χ4v) is 2.26. The molecule has 4 N–H and O–H groups in total. The van der Waals surface area contributed by atoms with Crippen molar-refractivity contribution < 1.29 is 37.9 Å². The maximum absolute atomic E-state index is 13.2. The van der Waals surface area contributed by atoms with Crippen LogP contribution in [0.25, 0.3) is 0 Å². The number of alkyl halides is 3. The summed E-state index contributed by atoms with van der Waals surface area (Å²) in [6.07, 6.45) is -5.29. The van der Waals surface area contributed by atoms with Crippen LogP contribution >= 0.6 is 0 Å². The minimum absolute atomic E-state index is 0.0425. The van der Waals surface area contributed by atoms with Gasteiger partial charge in [0.25, 0.3) is 5.91 Å². The highest BCUT2D eigenvalue weighted by atomic mass is 19.4. The molecule has 0 spiro atoms. The Bertz CT molecular complexity index is 931. The van der Waals surface area contributed by atoms with E-state index in [0.717, 1.165) is 0 Å². The molecule has 0 unspecified atom stereocenters. The van der Waals surface area contributed by atoms with Gasteiger partial charge in [-0.1, -0.05) is 30.3 Å². The first-order chi connectivity index (χ1) is 13.0. The molecule has 148 valence electrons. The van der Waals surface area contributed by atoms with Gasteiger partial charge in [-0.25, -0.2) is 4.79 Å². The van der Waals surface area contributed by atoms with Crippen LogP contribution in [0.3, 0.4) is 0 Å². The highest BCUT2D eigenvalue weighted by Gasteiger charge is 2.43. The van der Waals surface area contributed by atoms with E-state index in [2.05, 4.69) is 5.32 Å². The smallest absolute Gasteiger partial charge is 0.417 e. The maximum Gasteiger partial charge on any atom is 0.417 e. The number of imide groups is 1. The number of nitro groups is 1. The molecule has 0 fully saturated rings. The van der Waals surface area contributed by atoms with Crippen molar-refractivity contribution in [3.05, 3.63) is 63.2 Å². The first-order valence-corrected chi connectivity index (χ1v) is 7.46. The van der Waals surface area contributed by atoms with E-state index in [-0.39, 0.29) is 12.6 Å². The second-order valence-corrected chi connectivity index (χ2v) is 5.39. The monoisotopic (exact) mass is 399 g/mol. The number of hydrogen-bond acceptors (Lipinski definition) is 6. The summed E-state index contributed by atoms with van der Waals surface area (Å²) in [5.74, 6) is -4.75. The van der Waals surface area contributed by atoms with E-state index in [1.165, 1.54) is 5.32 Å². The van der Waals surface area contributed by atoms with Crippen molar-refractivity contribution >= 4 is 17.6 Å². The molecule has 12 heteroatoms. The second kappa shape index (κ2) is 7.82. The number of carbonyl (C=O) groups is 2. The molecule has 28 heavy (non-hydrogen) atoms. The van der Waals surface area contributed by atoms with Gasteiger partial charge in [-0.2, -0.15) is 13.2 Å². The first-order valence-electron chi connectivity index (χ1n) is 7.46. The Hall–Kier alpha value is -3.83. The lowest BCUT2D eigenvalue weighted by Gasteiger charge is -2.14. The van der Waals surface area contributed by atoms with Crippen LogP contribution in [0.2, 0.25) is 0 Å². The summed E-state index contributed by atoms with van der Waals surface area (Å²) >= 11 is 0. The number of nitrogens with zero attached hydrogens (tertiary/aromatic N) is 1. The minimum Gasteiger partial charge on any atom is -0.504 e. The van der Waals surface area contributed by atoms with Crippen LogP contribution in [0.1, 0.15) is 21.5 Å². The number of rotatable bonds is 4. The molecular formula is C16H12F3N3O6. The number of carbonyl (C=O) groups excluding carboxylic acids is 2. The van der Waals surface area contributed by atoms with Crippen LogP contribution in [0, 0.1) is 10.1 Å². The van der Waals surface area contributed by atoms with Gasteiger partial charge in [0.05, 0.1) is 10.5 Å². The summed E-state index contributed by atoms with van der Waals surface area (Å²) < 4.78 is 39.5. The minimum atomic E-state index is -5.29. The van der Waals surface area contributed by atoms with E-state index in [0.29, 0.717) is 5.56 Å². The van der Waals surface area contributed by atoms with E-state index in [1.54, 1.807) is 30.3 Å². The molecule has 2 aromatic rings. The molecule has 0 radical (unpaired) electrons. The molecule has 0 saturated heterocycles. The number of hydrogen-bond donors (Lipinski definition) is 4. The summed E-state index contributed by atoms with van der Waals surface area (Å²) in [4.78, 5) is 33.5. The van der Waals surface area contributed by atoms with Gasteiger partial charge in [0.1, 0.15) is 5.56 Å². The Morgan fingerprint density at radius 1 is 1.14 bits per heavy atom. The van der Waals surface area contributed by atoms with Gasteiger partial charge in [0, 0.05) is 6.54 Å². The fraction of sp³-hybridized carbons (Fsp3) is 0.125. The van der Waals surface area contributed by atoms with Crippen molar-refractivity contribution in [1.29, 1.82) is 0 Å². The van der Waals surface area contributed by atoms with E-state index in [1.807, 2.05) is 0 Å². The van der Waals surface area contributed by atoms with Crippen LogP contribution in [-0.4, -0.2) is 27.1 Å². The third-order valence-electron chi connectivity index (χ3n) is 3.49. The molecule has 0 aromatic heterocycles. The molecule has 0 aliphatic heterocycles. The summed E-state index contributed by atoms with van der Waals surface area (Å²) in [6.45, 7) is -0.0744. The van der Waals surface area contributed by atoms with Gasteiger partial charge < -0.3 is 15.5 Å². The molecule has 0 bridgehead atoms. The highest BCUT2D eigenvalue weighted by Crippen LogP contribution is 2.45. The van der Waals surface area contributed by atoms with Crippen LogP contribution in [-0.2, 0) is 12.7 Å². The lowest BCUT2D eigenvalue weighted by molar-refractivity contribution is -0.386. The van der Waals surface area contributed by atoms with E-state index >= 15 is 0 Å². The number of halogens is 3. The van der Waals surface area contributed by atoms with Crippen LogP contribution in [0.5, 0.6) is 11.5 Å². The number of nitrogens with one attached hydrogen (secondary N) is 2. The topological polar surface area (TPSA) is 142 Å². The Kier molecular flexibility index (Phi) is 5.72. The zero-order valence-electron chi connectivity index (χ0n) is 13.8. The number of amides is 3. The molecular weight excluding hydrogens is 387 g/mol. The number of benzene rings is 2. The average molecular weight is 399 g/mol. The van der Waals surface area contributed by atoms with Gasteiger partial charge >= 0.3 is 17.9 Å². The molecule has 9 nitrogen and oxygen atoms in total. The first kappa shape index (κ1) is 20.5. The average Bonchev–Trinajstić information content (AvgIpc) is 2.61. The SMILES string of the molecule is O=C(NCc1ccccc1)NC(=O)c1c(C(F)(F)F)cc(O)c(O)c1[N+](=O)[O-]. The van der Waals surface area contributed by atoms with Gasteiger partial charge in [-0.3, -0.25) is 20.2 Å². The Morgan fingerprint density at radius 2 is 1.75 bits per heavy atom. The molecule has 2 rings (SSSR count). The van der Waals surface area contributed by atoms with Crippen molar-refractivity contribution in [3.63, 3.8) is 0 Å². The number of aromatic hydroxyl groups is 2. The molecule has 0 saturated carbocycles. The van der Waals surface area contributed by atoms with Crippen LogP contribution in [0.15, 0.2) is 36.4 Å². The third kappa shape index (κ3) is 4.47. The zero-order chi connectivity index (χ0) is 21.1. The Morgan fingerprint density at radius 3 is 2.29 bits per heavy atom. The van der Waals surface area contributed by atoms with E-state index in [9.17, 15) is 43.1 Å². The van der Waals surface area contributed by atoms with Gasteiger partial charge in [0.15, 0.2) is 5.75 Å². The quantitative estimate of drug-likeness (QED) is 0.354. The maximum atomic E-state index is 13.2. The summed E-state index contributed by atoms with van der Waals surface area (Å²) in [5.41, 5.74) is -4.56. The summed E-state index contributed by atoms with van der Waals surface area (Å²) in [6, 6.07) is 7.04. The number of urea groups is 1. The predicted octanol–water partition coefficient (Wildman–Crippen LogP) is 2.66. The van der Waals surface area contributed by atoms with Gasteiger partial charge in [-0.05, 0) is 11.6 Å². The van der Waals surface area contributed by atoms with Crippen molar-refractivity contribution in [2.75, 3.05) is 0 Å². The molecule has 0 heterocycles. The number of phenolic OH excluding ortho intramolecular Hbond substituents is 2. The Labute approximate surface area is 154 Å². The molecule has 2 aromatic carbocycles. The highest BCUT2D eigenvalue weighted by molar-refractivity contribution is 6.08. The van der Waals surface area contributed by atoms with Crippen LogP contribution in [0.4, 0.5) is 23.7 Å². The number of phenols is 2. The predicted molar refractivity (Wildman–Crippen MR) is 87.6 cm³/mol. The fourth-order valence-electron chi connectivity index (χ4n) is 2.26. The number of nitro benzene ring substituents is 1. The largest absolute Gasteiger partial charge is 0.504 e. The zero-order valence-corrected chi connectivity index (χ0v) is 13.8. The lowest BCUT2D eigenvalue weighted by atomic mass is 10.0. The molecule has 0 atom stereocenters. The van der Waals surface area contributed by atoms with Crippen molar-refractivity contribution in [2.24, 2.45) is 0 Å². The van der Waals surface area contributed by atoms with Crippen molar-refractivity contribution in [3.8, 4) is 11.5 Å². The second-order valence-electron chi connectivity index (χ2n) is 5.39. The summed E-state index contributed by atoms with van der Waals surface area (Å²) in [7, 11) is 0. The van der Waals surface area contributed by atoms with E-state index < -0.39 is 51.4 Å². The normalized spacial score (nSPS) is 11.0. The van der Waals surface area contributed by atoms with Crippen LogP contribution < -0.4 is 10.6 Å². The standard InChI is InChI=1S/C16H12F3N3O6/c17-16(18,19)9-6-10(23)13(24)12(22(27)28)11(9)14(25)21-15(26)20-7-8-4-2-1-3-5-8/h1-6,23-24H,7H2,(H2,20,21,25,26). The molecule has 0 aliphatic rings. The third-order valence-corrected chi connectivity index (χ3v) is 3.49. The lowest BCUT2D eigenvalue weighted by Crippen LogP contribution is -2.40. The summed E-state index contributed by atoms with van der Waals surface area (Å²) in [5, 5.41) is 33.7. The van der Waals surface area contributed by atoms with E-state index in [4.69, 9.17) is 0 Å². The van der Waals surface area contributed by atoms with Gasteiger partial charge in [0.2, 0.25) is 5.75 Å².